The average Bonchev–Trinajstić information content (AvgIpc) is 2.44. The highest BCUT2D eigenvalue weighted by Gasteiger charge is 2.32. The molecule has 20 heavy (non-hydrogen) atoms. The summed E-state index contributed by atoms with van der Waals surface area (Å²) in [5, 5.41) is 13.4. The van der Waals surface area contributed by atoms with Gasteiger partial charge in [-0.2, -0.15) is 0 Å². The number of nitrogens with one attached hydrogen (secondary N) is 1. The Kier molecular flexibility index (Phi) is 7.52. The average molecular weight is 284 g/mol. The second-order valence-electron chi connectivity index (χ2n) is 6.57. The summed E-state index contributed by atoms with van der Waals surface area (Å²) < 4.78 is 0. The lowest BCUT2D eigenvalue weighted by molar-refractivity contribution is -0.123. The smallest absolute Gasteiger partial charge is 0.220 e. The summed E-state index contributed by atoms with van der Waals surface area (Å²) in [6, 6.07) is 0. The molecule has 1 saturated carbocycles. The van der Waals surface area contributed by atoms with Crippen molar-refractivity contribution in [3.05, 3.63) is 0 Å². The molecule has 0 radical (unpaired) electrons. The van der Waals surface area contributed by atoms with E-state index >= 15 is 0 Å². The predicted octanol–water partition coefficient (Wildman–Crippen LogP) is 2.20. The van der Waals surface area contributed by atoms with Crippen molar-refractivity contribution >= 4 is 5.91 Å². The third kappa shape index (κ3) is 6.23. The Hall–Kier alpha value is -0.610. The topological polar surface area (TPSA) is 75.3 Å². The minimum atomic E-state index is -0.676. The Morgan fingerprint density at radius 2 is 2.05 bits per heavy atom. The van der Waals surface area contributed by atoms with Crippen molar-refractivity contribution in [1.29, 1.82) is 0 Å². The molecule has 0 aliphatic heterocycles. The van der Waals surface area contributed by atoms with Crippen LogP contribution in [0.4, 0.5) is 0 Å². The van der Waals surface area contributed by atoms with Crippen LogP contribution in [0.15, 0.2) is 0 Å². The zero-order valence-corrected chi connectivity index (χ0v) is 13.2. The van der Waals surface area contributed by atoms with E-state index in [0.29, 0.717) is 25.4 Å². The summed E-state index contributed by atoms with van der Waals surface area (Å²) in [4.78, 5) is 11.8. The molecule has 0 bridgehead atoms. The summed E-state index contributed by atoms with van der Waals surface area (Å²) in [6.07, 6.45) is 7.36. The molecule has 0 aromatic heterocycles. The first kappa shape index (κ1) is 17.4. The largest absolute Gasteiger partial charge is 0.388 e. The molecule has 1 atom stereocenters. The summed E-state index contributed by atoms with van der Waals surface area (Å²) in [6.45, 7) is 5.42. The van der Waals surface area contributed by atoms with Crippen molar-refractivity contribution in [2.24, 2.45) is 17.6 Å². The maximum atomic E-state index is 11.8. The lowest BCUT2D eigenvalue weighted by Gasteiger charge is -2.35. The van der Waals surface area contributed by atoms with Gasteiger partial charge in [-0.25, -0.2) is 0 Å². The van der Waals surface area contributed by atoms with Crippen LogP contribution in [0.1, 0.15) is 65.2 Å². The van der Waals surface area contributed by atoms with Crippen LogP contribution < -0.4 is 11.1 Å². The number of hydrogen-bond donors (Lipinski definition) is 3. The van der Waals surface area contributed by atoms with Crippen LogP contribution in [0, 0.1) is 11.8 Å². The van der Waals surface area contributed by atoms with Gasteiger partial charge in [0, 0.05) is 13.0 Å². The molecule has 4 heteroatoms. The maximum Gasteiger partial charge on any atom is 0.220 e. The van der Waals surface area contributed by atoms with Gasteiger partial charge in [0.05, 0.1) is 5.60 Å². The highest BCUT2D eigenvalue weighted by Crippen LogP contribution is 2.33. The zero-order chi connectivity index (χ0) is 15.0. The van der Waals surface area contributed by atoms with Crippen LogP contribution in [0.25, 0.3) is 0 Å². The highest BCUT2D eigenvalue weighted by molar-refractivity contribution is 5.75. The Morgan fingerprint density at radius 3 is 2.60 bits per heavy atom. The van der Waals surface area contributed by atoms with Gasteiger partial charge in [-0.3, -0.25) is 4.79 Å². The molecular formula is C16H32N2O2. The van der Waals surface area contributed by atoms with Gasteiger partial charge in [0.25, 0.3) is 0 Å². The lowest BCUT2D eigenvalue weighted by atomic mass is 9.78. The van der Waals surface area contributed by atoms with Crippen LogP contribution in [0.2, 0.25) is 0 Å². The molecule has 1 amide bonds. The predicted molar refractivity (Wildman–Crippen MR) is 82.3 cm³/mol. The molecule has 0 spiro atoms. The van der Waals surface area contributed by atoms with E-state index in [-0.39, 0.29) is 5.91 Å². The molecule has 118 valence electrons. The minimum Gasteiger partial charge on any atom is -0.388 e. The van der Waals surface area contributed by atoms with E-state index in [0.717, 1.165) is 44.4 Å². The van der Waals surface area contributed by atoms with Crippen molar-refractivity contribution in [3.8, 4) is 0 Å². The van der Waals surface area contributed by atoms with E-state index < -0.39 is 5.60 Å². The van der Waals surface area contributed by atoms with Crippen LogP contribution in [-0.2, 0) is 4.79 Å². The molecule has 1 rings (SSSR count). The van der Waals surface area contributed by atoms with Crippen LogP contribution >= 0.6 is 0 Å². The second-order valence-corrected chi connectivity index (χ2v) is 6.57. The molecule has 4 nitrogen and oxygen atoms in total. The monoisotopic (exact) mass is 284 g/mol. The van der Waals surface area contributed by atoms with Gasteiger partial charge in [0.2, 0.25) is 5.91 Å². The molecule has 4 N–H and O–H groups in total. The van der Waals surface area contributed by atoms with Crippen molar-refractivity contribution < 1.29 is 9.90 Å². The van der Waals surface area contributed by atoms with E-state index in [9.17, 15) is 9.90 Å². The van der Waals surface area contributed by atoms with Gasteiger partial charge in [0.1, 0.15) is 0 Å². The molecule has 1 aliphatic carbocycles. The first-order valence-electron chi connectivity index (χ1n) is 8.18. The third-order valence-electron chi connectivity index (χ3n) is 4.75. The van der Waals surface area contributed by atoms with Gasteiger partial charge in [-0.05, 0) is 56.9 Å². The van der Waals surface area contributed by atoms with Gasteiger partial charge < -0.3 is 16.2 Å². The number of amides is 1. The normalized spacial score (nSPS) is 28.1. The first-order valence-corrected chi connectivity index (χ1v) is 8.18. The fourth-order valence-corrected chi connectivity index (χ4v) is 2.96. The third-order valence-corrected chi connectivity index (χ3v) is 4.75. The van der Waals surface area contributed by atoms with Crippen LogP contribution in [0.3, 0.4) is 0 Å². The number of aliphatic hydroxyl groups is 1. The molecule has 1 aliphatic rings. The molecule has 0 heterocycles. The quantitative estimate of drug-likeness (QED) is 0.639. The van der Waals surface area contributed by atoms with Crippen LogP contribution in [0.5, 0.6) is 0 Å². The number of carbonyl (C=O) groups is 1. The molecule has 0 aromatic rings. The summed E-state index contributed by atoms with van der Waals surface area (Å²) in [7, 11) is 0. The van der Waals surface area contributed by atoms with Gasteiger partial charge in [0.15, 0.2) is 0 Å². The summed E-state index contributed by atoms with van der Waals surface area (Å²) in [5.74, 6) is 1.30. The first-order chi connectivity index (χ1) is 9.49. The number of nitrogens with two attached hydrogens (primary N) is 1. The number of carbonyl (C=O) groups excluding carboxylic acids is 1. The van der Waals surface area contributed by atoms with E-state index in [1.807, 2.05) is 0 Å². The highest BCUT2D eigenvalue weighted by atomic mass is 16.3. The van der Waals surface area contributed by atoms with E-state index in [1.54, 1.807) is 0 Å². The van der Waals surface area contributed by atoms with Crippen molar-refractivity contribution in [2.75, 3.05) is 13.1 Å². The maximum absolute atomic E-state index is 11.8. The Labute approximate surface area is 123 Å². The Balaban J connectivity index is 2.20. The van der Waals surface area contributed by atoms with E-state index in [4.69, 9.17) is 5.73 Å². The van der Waals surface area contributed by atoms with E-state index in [1.165, 1.54) is 6.42 Å². The number of rotatable bonds is 8. The van der Waals surface area contributed by atoms with E-state index in [2.05, 4.69) is 19.2 Å². The van der Waals surface area contributed by atoms with Gasteiger partial charge in [-0.15, -0.1) is 0 Å². The Morgan fingerprint density at radius 1 is 1.40 bits per heavy atom. The summed E-state index contributed by atoms with van der Waals surface area (Å²) in [5.41, 5.74) is 4.82. The fraction of sp³-hybridized carbons (Fsp3) is 0.938. The Bertz CT molecular complexity index is 286. The zero-order valence-electron chi connectivity index (χ0n) is 13.2. The molecule has 1 unspecified atom stereocenters. The standard InChI is InChI=1S/C16H32N2O2/c1-3-14-6-9-16(20,10-7-14)12-18-15(19)5-4-13(2)8-11-17/h13-14,20H,3-12,17H2,1-2H3,(H,18,19). The van der Waals surface area contributed by atoms with Crippen molar-refractivity contribution in [2.45, 2.75) is 70.8 Å². The molecule has 0 saturated heterocycles. The van der Waals surface area contributed by atoms with Gasteiger partial charge in [-0.1, -0.05) is 20.3 Å². The van der Waals surface area contributed by atoms with Crippen LogP contribution in [-0.4, -0.2) is 29.7 Å². The summed E-state index contributed by atoms with van der Waals surface area (Å²) >= 11 is 0. The minimum absolute atomic E-state index is 0.0555. The van der Waals surface area contributed by atoms with Crippen molar-refractivity contribution in [3.63, 3.8) is 0 Å². The SMILES string of the molecule is CCC1CCC(O)(CNC(=O)CCC(C)CCN)CC1. The fourth-order valence-electron chi connectivity index (χ4n) is 2.96. The molecule has 0 aromatic carbocycles. The molecule has 1 fully saturated rings. The second kappa shape index (κ2) is 8.63. The number of hydrogen-bond acceptors (Lipinski definition) is 3. The molecular weight excluding hydrogens is 252 g/mol. The van der Waals surface area contributed by atoms with Crippen molar-refractivity contribution in [1.82, 2.24) is 5.32 Å². The lowest BCUT2D eigenvalue weighted by Crippen LogP contribution is -2.45. The van der Waals surface area contributed by atoms with Gasteiger partial charge >= 0.3 is 0 Å².